The minimum atomic E-state index is -0.840. The van der Waals surface area contributed by atoms with Crippen molar-refractivity contribution in [2.45, 2.75) is 13.8 Å². The summed E-state index contributed by atoms with van der Waals surface area (Å²) in [6, 6.07) is 3.51. The van der Waals surface area contributed by atoms with Gasteiger partial charge in [-0.2, -0.15) is 0 Å². The molecule has 1 aromatic heterocycles. The number of carbonyl (C=O) groups is 1. The molecule has 1 heterocycles. The van der Waals surface area contributed by atoms with Gasteiger partial charge >= 0.3 is 0 Å². The van der Waals surface area contributed by atoms with Gasteiger partial charge in [-0.25, -0.2) is 0 Å². The van der Waals surface area contributed by atoms with Gasteiger partial charge in [0, 0.05) is 25.1 Å². The molecule has 2 N–H and O–H groups in total. The molecular weight excluding hydrogens is 222 g/mol. The zero-order valence-electron chi connectivity index (χ0n) is 9.60. The van der Waals surface area contributed by atoms with Crippen molar-refractivity contribution in [3.05, 3.63) is 24.5 Å². The number of thiocarbonyl (C=S) groups is 1. The lowest BCUT2D eigenvalue weighted by molar-refractivity contribution is -0.123. The molecule has 0 unspecified atom stereocenters. The van der Waals surface area contributed by atoms with E-state index in [9.17, 15) is 4.79 Å². The van der Waals surface area contributed by atoms with Gasteiger partial charge in [0.2, 0.25) is 5.91 Å². The molecule has 0 aromatic carbocycles. The number of amides is 1. The predicted molar refractivity (Wildman–Crippen MR) is 68.2 cm³/mol. The molecule has 1 rings (SSSR count). The Morgan fingerprint density at radius 3 is 2.38 bits per heavy atom. The monoisotopic (exact) mass is 237 g/mol. The van der Waals surface area contributed by atoms with Gasteiger partial charge in [0.15, 0.2) is 0 Å². The molecule has 0 aliphatic rings. The molecule has 4 nitrogen and oxygen atoms in total. The average Bonchev–Trinajstić information content (AvgIpc) is 2.28. The molecule has 16 heavy (non-hydrogen) atoms. The van der Waals surface area contributed by atoms with E-state index in [0.717, 1.165) is 5.69 Å². The summed E-state index contributed by atoms with van der Waals surface area (Å²) in [6.07, 6.45) is 3.26. The first-order valence-electron chi connectivity index (χ1n) is 4.85. The average molecular weight is 237 g/mol. The molecule has 0 radical (unpaired) electrons. The molecule has 0 saturated heterocycles. The minimum absolute atomic E-state index is 0.133. The molecule has 86 valence electrons. The molecule has 0 aliphatic carbocycles. The Morgan fingerprint density at radius 2 is 1.94 bits per heavy atom. The zero-order chi connectivity index (χ0) is 12.3. The maximum Gasteiger partial charge on any atom is 0.239 e. The quantitative estimate of drug-likeness (QED) is 0.806. The largest absolute Gasteiger partial charge is 0.392 e. The molecular formula is C11H15N3OS. The SMILES string of the molecule is CN(C(=O)C(C)(C)C(N)=S)c1ccncc1. The number of nitrogens with zero attached hydrogens (tertiary/aromatic N) is 2. The Hall–Kier alpha value is -1.49. The molecule has 0 atom stereocenters. The lowest BCUT2D eigenvalue weighted by atomic mass is 9.91. The van der Waals surface area contributed by atoms with Gasteiger partial charge in [-0.15, -0.1) is 0 Å². The fourth-order valence-corrected chi connectivity index (χ4v) is 1.30. The van der Waals surface area contributed by atoms with Crippen LogP contribution in [0.5, 0.6) is 0 Å². The fraction of sp³-hybridized carbons (Fsp3) is 0.364. The second kappa shape index (κ2) is 4.57. The molecule has 1 aromatic rings. The van der Waals surface area contributed by atoms with Crippen molar-refractivity contribution in [3.8, 4) is 0 Å². The predicted octanol–water partition coefficient (Wildman–Crippen LogP) is 1.36. The third kappa shape index (κ3) is 2.36. The molecule has 0 fully saturated rings. The third-order valence-corrected chi connectivity index (χ3v) is 3.02. The number of carbonyl (C=O) groups excluding carboxylic acids is 1. The summed E-state index contributed by atoms with van der Waals surface area (Å²) < 4.78 is 0. The topological polar surface area (TPSA) is 59.2 Å². The summed E-state index contributed by atoms with van der Waals surface area (Å²) in [6.45, 7) is 3.44. The van der Waals surface area contributed by atoms with Crippen LogP contribution in [0.1, 0.15) is 13.8 Å². The molecule has 0 aliphatic heterocycles. The van der Waals surface area contributed by atoms with Crippen molar-refractivity contribution >= 4 is 28.8 Å². The normalized spacial score (nSPS) is 10.9. The van der Waals surface area contributed by atoms with Crippen molar-refractivity contribution < 1.29 is 4.79 Å². The highest BCUT2D eigenvalue weighted by atomic mass is 32.1. The second-order valence-corrected chi connectivity index (χ2v) is 4.50. The fourth-order valence-electron chi connectivity index (χ4n) is 1.21. The zero-order valence-corrected chi connectivity index (χ0v) is 10.4. The number of nitrogens with two attached hydrogens (primary N) is 1. The molecule has 0 spiro atoms. The summed E-state index contributed by atoms with van der Waals surface area (Å²) >= 11 is 4.90. The smallest absolute Gasteiger partial charge is 0.239 e. The summed E-state index contributed by atoms with van der Waals surface area (Å²) in [7, 11) is 1.69. The van der Waals surface area contributed by atoms with Gasteiger partial charge in [-0.05, 0) is 26.0 Å². The van der Waals surface area contributed by atoms with Gasteiger partial charge in [0.1, 0.15) is 0 Å². The van der Waals surface area contributed by atoms with Gasteiger partial charge in [0.05, 0.1) is 10.4 Å². The number of hydrogen-bond acceptors (Lipinski definition) is 3. The summed E-state index contributed by atoms with van der Waals surface area (Å²) in [5, 5.41) is 0. The lowest BCUT2D eigenvalue weighted by Crippen LogP contribution is -2.45. The third-order valence-electron chi connectivity index (χ3n) is 2.51. The van der Waals surface area contributed by atoms with Crippen LogP contribution in [0, 0.1) is 5.41 Å². The van der Waals surface area contributed by atoms with Crippen molar-refractivity contribution in [2.24, 2.45) is 11.1 Å². The van der Waals surface area contributed by atoms with Gasteiger partial charge < -0.3 is 10.6 Å². The van der Waals surface area contributed by atoms with Crippen molar-refractivity contribution in [3.63, 3.8) is 0 Å². The Morgan fingerprint density at radius 1 is 1.44 bits per heavy atom. The van der Waals surface area contributed by atoms with E-state index in [-0.39, 0.29) is 10.9 Å². The van der Waals surface area contributed by atoms with Gasteiger partial charge in [-0.1, -0.05) is 12.2 Å². The molecule has 0 bridgehead atoms. The summed E-state index contributed by atoms with van der Waals surface area (Å²) in [5.41, 5.74) is 5.49. The highest BCUT2D eigenvalue weighted by molar-refractivity contribution is 7.80. The van der Waals surface area contributed by atoms with Crippen molar-refractivity contribution in [1.82, 2.24) is 4.98 Å². The second-order valence-electron chi connectivity index (χ2n) is 4.06. The van der Waals surface area contributed by atoms with Gasteiger partial charge in [0.25, 0.3) is 0 Å². The molecule has 0 saturated carbocycles. The summed E-state index contributed by atoms with van der Waals surface area (Å²) in [5.74, 6) is -0.133. The highest BCUT2D eigenvalue weighted by Crippen LogP contribution is 2.22. The first kappa shape index (κ1) is 12.6. The van der Waals surface area contributed by atoms with Crippen LogP contribution in [-0.2, 0) is 4.79 Å². The van der Waals surface area contributed by atoms with Crippen LogP contribution in [0.2, 0.25) is 0 Å². The summed E-state index contributed by atoms with van der Waals surface area (Å²) in [4.78, 5) is 17.8. The van der Waals surface area contributed by atoms with E-state index in [1.807, 2.05) is 0 Å². The number of aromatic nitrogens is 1. The Labute approximate surface area is 100 Å². The van der Waals surface area contributed by atoms with E-state index in [4.69, 9.17) is 18.0 Å². The van der Waals surface area contributed by atoms with Crippen LogP contribution in [0.3, 0.4) is 0 Å². The maximum atomic E-state index is 12.1. The van der Waals surface area contributed by atoms with Crippen LogP contribution in [-0.4, -0.2) is 22.9 Å². The van der Waals surface area contributed by atoms with E-state index in [1.165, 1.54) is 4.90 Å². The minimum Gasteiger partial charge on any atom is -0.392 e. The van der Waals surface area contributed by atoms with Crippen LogP contribution >= 0.6 is 12.2 Å². The van der Waals surface area contributed by atoms with E-state index in [1.54, 1.807) is 45.4 Å². The van der Waals surface area contributed by atoms with Crippen molar-refractivity contribution in [2.75, 3.05) is 11.9 Å². The van der Waals surface area contributed by atoms with Crippen LogP contribution < -0.4 is 10.6 Å². The molecule has 1 amide bonds. The number of rotatable bonds is 3. The van der Waals surface area contributed by atoms with Crippen LogP contribution in [0.4, 0.5) is 5.69 Å². The Balaban J connectivity index is 2.96. The lowest BCUT2D eigenvalue weighted by Gasteiger charge is -2.28. The standard InChI is InChI=1S/C11H15N3OS/c1-11(2,9(12)16)10(15)14(3)8-4-6-13-7-5-8/h4-7H,1-3H3,(H2,12,16). The van der Waals surface area contributed by atoms with Crippen molar-refractivity contribution in [1.29, 1.82) is 0 Å². The Kier molecular flexibility index (Phi) is 3.59. The number of pyridine rings is 1. The molecule has 5 heteroatoms. The highest BCUT2D eigenvalue weighted by Gasteiger charge is 2.33. The number of anilines is 1. The first-order valence-corrected chi connectivity index (χ1v) is 5.26. The first-order chi connectivity index (χ1) is 7.37. The van der Waals surface area contributed by atoms with Crippen LogP contribution in [0.25, 0.3) is 0 Å². The van der Waals surface area contributed by atoms with E-state index >= 15 is 0 Å². The van der Waals surface area contributed by atoms with Gasteiger partial charge in [-0.3, -0.25) is 9.78 Å². The van der Waals surface area contributed by atoms with E-state index in [2.05, 4.69) is 4.98 Å². The van der Waals surface area contributed by atoms with E-state index < -0.39 is 5.41 Å². The van der Waals surface area contributed by atoms with Crippen LogP contribution in [0.15, 0.2) is 24.5 Å². The maximum absolute atomic E-state index is 12.1. The number of hydrogen-bond donors (Lipinski definition) is 1. The Bertz CT molecular complexity index is 403. The van der Waals surface area contributed by atoms with E-state index in [0.29, 0.717) is 0 Å².